The van der Waals surface area contributed by atoms with Gasteiger partial charge in [0.25, 0.3) is 0 Å². The van der Waals surface area contributed by atoms with Crippen LogP contribution in [0.4, 0.5) is 35.1 Å². The number of nitrogens with one attached hydrogen (secondary N) is 5. The zero-order valence-electron chi connectivity index (χ0n) is 55.1. The summed E-state index contributed by atoms with van der Waals surface area (Å²) in [6, 6.07) is 36.5. The third kappa shape index (κ3) is 15.9. The Morgan fingerprint density at radius 3 is 1.23 bits per heavy atom. The van der Waals surface area contributed by atoms with Gasteiger partial charge >= 0.3 is 0 Å². The molecule has 16 aromatic rings. The normalized spacial score (nSPS) is 11.6. The Morgan fingerprint density at radius 2 is 0.827 bits per heavy atom. The molecule has 0 spiro atoms. The first-order valence-electron chi connectivity index (χ1n) is 31.5. The average Bonchev–Trinajstić information content (AvgIpc) is 1.64. The molecule has 104 heavy (non-hydrogen) atoms. The predicted molar refractivity (Wildman–Crippen MR) is 379 cm³/mol. The lowest BCUT2D eigenvalue weighted by Crippen LogP contribution is -2.14. The molecule has 0 aliphatic carbocycles. The molecule has 0 atom stereocenters. The van der Waals surface area contributed by atoms with Crippen LogP contribution in [-0.2, 0) is 32.4 Å². The van der Waals surface area contributed by atoms with Crippen LogP contribution < -0.4 is 5.73 Å². The van der Waals surface area contributed by atoms with E-state index in [2.05, 4.69) is 86.2 Å². The van der Waals surface area contributed by atoms with E-state index < -0.39 is 29.2 Å². The molecule has 1 amide bonds. The molecule has 0 saturated heterocycles. The number of benzene rings is 8. The first-order chi connectivity index (χ1) is 50.2. The summed E-state index contributed by atoms with van der Waals surface area (Å²) in [5.74, 6) is -1.40. The zero-order chi connectivity index (χ0) is 72.7. The summed E-state index contributed by atoms with van der Waals surface area (Å²) in [4.78, 5) is 27.6. The van der Waals surface area contributed by atoms with Crippen LogP contribution in [0.3, 0.4) is 0 Å². The van der Waals surface area contributed by atoms with Crippen LogP contribution in [0.1, 0.15) is 56.7 Å². The maximum Gasteiger partial charge on any atom is 0.225 e. The second kappa shape index (κ2) is 29.9. The Balaban J connectivity index is 0.000000123. The molecule has 22 nitrogen and oxygen atoms in total. The third-order valence-electron chi connectivity index (χ3n) is 15.9. The molecule has 0 aliphatic heterocycles. The minimum atomic E-state index is -0.568. The lowest BCUT2D eigenvalue weighted by Gasteiger charge is -1.99. The number of halogens is 8. The fraction of sp³-hybridized carbons (Fsp3) is 0.0676. The van der Waals surface area contributed by atoms with Gasteiger partial charge in [0.1, 0.15) is 70.5 Å². The highest BCUT2D eigenvalue weighted by atomic mass is 19.2. The smallest absolute Gasteiger partial charge is 0.225 e. The largest absolute Gasteiger partial charge is 0.369 e. The van der Waals surface area contributed by atoms with E-state index in [4.69, 9.17) is 5.73 Å². The lowest BCUT2D eigenvalue weighted by molar-refractivity contribution is -0.117. The van der Waals surface area contributed by atoms with Crippen molar-refractivity contribution in [2.24, 2.45) is 26.9 Å². The predicted octanol–water partition coefficient (Wildman–Crippen LogP) is 14.6. The molecule has 7 N–H and O–H groups in total. The van der Waals surface area contributed by atoms with Crippen molar-refractivity contribution in [1.29, 1.82) is 0 Å². The number of primary amides is 1. The number of fused-ring (bicyclic) bond motifs is 4. The number of aromatic nitrogens is 20. The van der Waals surface area contributed by atoms with Gasteiger partial charge in [0.15, 0.2) is 29.1 Å². The lowest BCUT2D eigenvalue weighted by atomic mass is 10.1. The Kier molecular flexibility index (Phi) is 19.7. The molecule has 8 aromatic carbocycles. The van der Waals surface area contributed by atoms with Crippen molar-refractivity contribution in [2.75, 3.05) is 0 Å². The highest BCUT2D eigenvalue weighted by Gasteiger charge is 2.20. The standard InChI is InChI=1S/C19H14F2N6O.C19H15F2N5.2C18H13F2N5/c20-11-4-1-10(2-5-11)3-6-15-13-7-12(14(21)8-16(13)25-24-15)19-23-18(26-27-19)9-17(22)28;1-11-22-19(25-26(11)2)14-9-15-17(23-24-18(15)10-16(14)21)8-5-12-3-6-13(20)7-4-12;1-25-10-21-18(24-25)12-8-14-16(22-23-17(14)15(20)9-12)7-4-11-2-5-13(19)6-3-11;1-25-10-21-18(24-25)13-8-14-16(22-23-17(14)9-15(13)20)7-4-11-2-5-12(19)6-3-11/h1-8H,9H2,(H2,22,28)(H,24,25)(H,23,26,27);3-10H,1-2H3,(H,23,24);2*2-10H,1H3,(H,22,23)/b6-3+;8-5+;2*7-4+. The van der Waals surface area contributed by atoms with Gasteiger partial charge in [0, 0.05) is 66.5 Å². The SMILES string of the molecule is Cc1nc(-c2cc3c(/C=C/c4ccc(F)cc4)n[nH]c3cc2F)nn1C.Cn1cnc(-c2cc(F)c3n[nH]c(/C=C/c4ccc(F)cc4)c3c2)n1.Cn1cnc(-c2cc3c(/C=C/c4ccc(F)cc4)n[nH]c3cc2F)n1.NC(=O)Cc1nc(-c2cc3c(/C=C/c4ccc(F)cc4)n[nH]c3cc2F)n[nH]1. The van der Waals surface area contributed by atoms with Crippen molar-refractivity contribution in [1.82, 2.24) is 100 Å². The fourth-order valence-electron chi connectivity index (χ4n) is 10.6. The Hall–Kier alpha value is -13.9. The van der Waals surface area contributed by atoms with Crippen LogP contribution in [-0.4, -0.2) is 106 Å². The minimum Gasteiger partial charge on any atom is -0.369 e. The van der Waals surface area contributed by atoms with E-state index in [1.165, 1.54) is 83.8 Å². The quantitative estimate of drug-likeness (QED) is 0.0553. The molecular formula is C74H55F8N21O. The van der Waals surface area contributed by atoms with Crippen LogP contribution >= 0.6 is 0 Å². The second-order valence-electron chi connectivity index (χ2n) is 23.3. The Morgan fingerprint density at radius 1 is 0.413 bits per heavy atom. The first-order valence-corrected chi connectivity index (χ1v) is 31.5. The van der Waals surface area contributed by atoms with Crippen LogP contribution in [0.2, 0.25) is 0 Å². The van der Waals surface area contributed by atoms with Crippen LogP contribution in [0.25, 0.3) is 138 Å². The van der Waals surface area contributed by atoms with Gasteiger partial charge in [-0.2, -0.15) is 40.8 Å². The average molecular weight is 1410 g/mol. The Bertz CT molecular complexity index is 5900. The highest BCUT2D eigenvalue weighted by molar-refractivity contribution is 5.96. The molecule has 16 rings (SSSR count). The van der Waals surface area contributed by atoms with Crippen LogP contribution in [0.15, 0.2) is 158 Å². The summed E-state index contributed by atoms with van der Waals surface area (Å²) in [5, 5.41) is 49.8. The molecule has 0 aliphatic rings. The maximum atomic E-state index is 14.5. The number of carbonyl (C=O) groups is 1. The topological polar surface area (TPSA) is 292 Å². The van der Waals surface area contributed by atoms with Gasteiger partial charge in [0.05, 0.1) is 62.4 Å². The summed E-state index contributed by atoms with van der Waals surface area (Å²) < 4.78 is 114. The molecule has 8 heterocycles. The highest BCUT2D eigenvalue weighted by Crippen LogP contribution is 2.32. The number of rotatable bonds is 14. The summed E-state index contributed by atoms with van der Waals surface area (Å²) in [6.07, 6.45) is 17.3. The third-order valence-corrected chi connectivity index (χ3v) is 15.9. The van der Waals surface area contributed by atoms with Crippen molar-refractivity contribution in [2.45, 2.75) is 13.3 Å². The first kappa shape index (κ1) is 68.6. The summed E-state index contributed by atoms with van der Waals surface area (Å²) in [5.41, 5.74) is 14.2. The number of hydrogen-bond acceptors (Lipinski definition) is 13. The summed E-state index contributed by atoms with van der Waals surface area (Å²) >= 11 is 0. The van der Waals surface area contributed by atoms with Crippen molar-refractivity contribution >= 4 is 98.1 Å². The number of hydrogen-bond donors (Lipinski definition) is 6. The van der Waals surface area contributed by atoms with E-state index in [9.17, 15) is 39.9 Å². The maximum absolute atomic E-state index is 14.5. The van der Waals surface area contributed by atoms with Crippen molar-refractivity contribution in [3.8, 4) is 45.6 Å². The monoisotopic (exact) mass is 1410 g/mol. The van der Waals surface area contributed by atoms with Crippen LogP contribution in [0, 0.1) is 53.5 Å². The Labute approximate surface area is 583 Å². The summed E-state index contributed by atoms with van der Waals surface area (Å²) in [7, 11) is 5.23. The minimum absolute atomic E-state index is 0.116. The van der Waals surface area contributed by atoms with E-state index in [0.717, 1.165) is 33.0 Å². The van der Waals surface area contributed by atoms with E-state index in [0.29, 0.717) is 90.1 Å². The molecule has 0 saturated carbocycles. The van der Waals surface area contributed by atoms with Gasteiger partial charge < -0.3 is 5.73 Å². The molecule has 518 valence electrons. The number of nitrogens with zero attached hydrogens (tertiary/aromatic N) is 15. The fourth-order valence-corrected chi connectivity index (χ4v) is 10.6. The van der Waals surface area contributed by atoms with Gasteiger partial charge in [-0.15, -0.1) is 0 Å². The molecular weight excluding hydrogens is 1350 g/mol. The van der Waals surface area contributed by atoms with Gasteiger partial charge in [-0.25, -0.2) is 55.1 Å². The van der Waals surface area contributed by atoms with Crippen molar-refractivity contribution in [3.63, 3.8) is 0 Å². The van der Waals surface area contributed by atoms with E-state index >= 15 is 0 Å². The van der Waals surface area contributed by atoms with Gasteiger partial charge in [-0.05, 0) is 132 Å². The van der Waals surface area contributed by atoms with Gasteiger partial charge in [0.2, 0.25) is 5.91 Å². The molecule has 8 aromatic heterocycles. The van der Waals surface area contributed by atoms with Crippen molar-refractivity contribution in [3.05, 3.63) is 261 Å². The van der Waals surface area contributed by atoms with Crippen molar-refractivity contribution < 1.29 is 39.9 Å². The number of H-pyrrole nitrogens is 5. The molecule has 0 fully saturated rings. The molecule has 0 radical (unpaired) electrons. The number of carbonyl (C=O) groups excluding carboxylic acids is 1. The number of nitrogens with two attached hydrogens (primary N) is 1. The van der Waals surface area contributed by atoms with E-state index in [-0.39, 0.29) is 52.4 Å². The van der Waals surface area contributed by atoms with E-state index in [1.807, 2.05) is 19.1 Å². The second-order valence-corrected chi connectivity index (χ2v) is 23.3. The van der Waals surface area contributed by atoms with Crippen LogP contribution in [0.5, 0.6) is 0 Å². The zero-order valence-corrected chi connectivity index (χ0v) is 55.1. The van der Waals surface area contributed by atoms with E-state index in [1.54, 1.807) is 146 Å². The van der Waals surface area contributed by atoms with Gasteiger partial charge in [-0.3, -0.25) is 44.3 Å². The summed E-state index contributed by atoms with van der Waals surface area (Å²) in [6.45, 7) is 1.81. The number of amides is 1. The molecule has 30 heteroatoms. The molecule has 0 unspecified atom stereocenters. The van der Waals surface area contributed by atoms with Gasteiger partial charge in [-0.1, -0.05) is 72.8 Å². The number of aryl methyl sites for hydroxylation is 4. The number of aromatic amines is 5. The molecule has 0 bridgehead atoms.